The molecule has 0 aromatic carbocycles. The van der Waals surface area contributed by atoms with E-state index >= 15 is 0 Å². The molecule has 0 aromatic heterocycles. The fourth-order valence-corrected chi connectivity index (χ4v) is 6.86. The topological polar surface area (TPSA) is 36.8 Å². The Bertz CT molecular complexity index is 499. The van der Waals surface area contributed by atoms with Crippen LogP contribution in [0.25, 0.3) is 0 Å². The minimum Gasteiger partial charge on any atom is -0.300 e. The highest BCUT2D eigenvalue weighted by Gasteiger charge is 2.39. The highest BCUT2D eigenvalue weighted by molar-refractivity contribution is 8.14. The molecule has 0 bridgehead atoms. The van der Waals surface area contributed by atoms with E-state index < -0.39 is 0 Å². The second kappa shape index (κ2) is 6.34. The summed E-state index contributed by atoms with van der Waals surface area (Å²) in [4.78, 5) is 9.73. The van der Waals surface area contributed by atoms with Gasteiger partial charge in [-0.05, 0) is 27.2 Å². The van der Waals surface area contributed by atoms with Crippen LogP contribution in [0.2, 0.25) is 0 Å². The molecule has 6 heteroatoms. The first-order valence-electron chi connectivity index (χ1n) is 8.03. The molecule has 0 spiro atoms. The SMILES string of the molecule is CC1=NC(C2NC(CC(C)(C)C3=NC(C)(C)CS3)CS2)CS1. The third-order valence-corrected chi connectivity index (χ3v) is 8.54. The molecule has 3 atom stereocenters. The van der Waals surface area contributed by atoms with E-state index in [0.29, 0.717) is 17.5 Å². The van der Waals surface area contributed by atoms with E-state index in [1.165, 1.54) is 22.3 Å². The van der Waals surface area contributed by atoms with Crippen LogP contribution in [0.3, 0.4) is 0 Å². The molecule has 1 N–H and O–H groups in total. The Morgan fingerprint density at radius 2 is 2.05 bits per heavy atom. The highest BCUT2D eigenvalue weighted by Crippen LogP contribution is 2.40. The summed E-state index contributed by atoms with van der Waals surface area (Å²) < 4.78 is 0. The van der Waals surface area contributed by atoms with Gasteiger partial charge in [0.05, 0.1) is 27.0 Å². The maximum Gasteiger partial charge on any atom is 0.0849 e. The summed E-state index contributed by atoms with van der Waals surface area (Å²) in [6.07, 6.45) is 1.17. The van der Waals surface area contributed by atoms with Gasteiger partial charge in [0.25, 0.3) is 0 Å². The second-order valence-electron chi connectivity index (χ2n) is 7.75. The van der Waals surface area contributed by atoms with Crippen LogP contribution in [0.15, 0.2) is 9.98 Å². The molecule has 124 valence electrons. The van der Waals surface area contributed by atoms with E-state index in [9.17, 15) is 0 Å². The van der Waals surface area contributed by atoms with Crippen molar-refractivity contribution in [1.82, 2.24) is 5.32 Å². The summed E-state index contributed by atoms with van der Waals surface area (Å²) in [7, 11) is 0. The molecule has 1 fully saturated rings. The fourth-order valence-electron chi connectivity index (χ4n) is 3.19. The van der Waals surface area contributed by atoms with Crippen molar-refractivity contribution in [3.8, 4) is 0 Å². The molecule has 1 saturated heterocycles. The van der Waals surface area contributed by atoms with Gasteiger partial charge in [-0.3, -0.25) is 15.3 Å². The molecule has 3 aliphatic rings. The average molecular weight is 358 g/mol. The molecule has 0 amide bonds. The predicted octanol–water partition coefficient (Wildman–Crippen LogP) is 3.89. The average Bonchev–Trinajstić information content (AvgIpc) is 3.09. The predicted molar refractivity (Wildman–Crippen MR) is 105 cm³/mol. The monoisotopic (exact) mass is 357 g/mol. The fraction of sp³-hybridized carbons (Fsp3) is 0.875. The van der Waals surface area contributed by atoms with Gasteiger partial charge in [0.2, 0.25) is 0 Å². The lowest BCUT2D eigenvalue weighted by molar-refractivity contribution is 0.389. The molecule has 0 saturated carbocycles. The molecule has 3 heterocycles. The molecule has 3 aliphatic heterocycles. The van der Waals surface area contributed by atoms with Crippen LogP contribution >= 0.6 is 35.3 Å². The first kappa shape index (κ1) is 17.2. The zero-order chi connectivity index (χ0) is 16.0. The Kier molecular flexibility index (Phi) is 4.95. The lowest BCUT2D eigenvalue weighted by Crippen LogP contribution is -2.40. The second-order valence-corrected chi connectivity index (χ2v) is 11.1. The van der Waals surface area contributed by atoms with Crippen molar-refractivity contribution in [3.63, 3.8) is 0 Å². The molecule has 0 aliphatic carbocycles. The van der Waals surface area contributed by atoms with Crippen molar-refractivity contribution >= 4 is 45.4 Å². The van der Waals surface area contributed by atoms with Crippen LogP contribution in [0.5, 0.6) is 0 Å². The van der Waals surface area contributed by atoms with Gasteiger partial charge >= 0.3 is 0 Å². The Balaban J connectivity index is 1.58. The van der Waals surface area contributed by atoms with Gasteiger partial charge < -0.3 is 0 Å². The minimum atomic E-state index is 0.116. The summed E-state index contributed by atoms with van der Waals surface area (Å²) in [6.45, 7) is 11.3. The van der Waals surface area contributed by atoms with Gasteiger partial charge in [-0.2, -0.15) is 0 Å². The van der Waals surface area contributed by atoms with E-state index in [1.54, 1.807) is 0 Å². The Morgan fingerprint density at radius 3 is 2.64 bits per heavy atom. The third-order valence-electron chi connectivity index (χ3n) is 4.34. The van der Waals surface area contributed by atoms with Crippen molar-refractivity contribution in [2.45, 2.75) is 64.0 Å². The van der Waals surface area contributed by atoms with Crippen LogP contribution in [0.1, 0.15) is 41.0 Å². The molecule has 3 nitrogen and oxygen atoms in total. The van der Waals surface area contributed by atoms with Gasteiger partial charge in [-0.1, -0.05) is 13.8 Å². The van der Waals surface area contributed by atoms with E-state index in [-0.39, 0.29) is 11.0 Å². The van der Waals surface area contributed by atoms with Crippen LogP contribution in [-0.4, -0.2) is 50.3 Å². The number of nitrogens with zero attached hydrogens (tertiary/aromatic N) is 2. The van der Waals surface area contributed by atoms with Crippen molar-refractivity contribution in [2.24, 2.45) is 15.4 Å². The zero-order valence-corrected chi connectivity index (χ0v) is 16.6. The van der Waals surface area contributed by atoms with E-state index in [1.807, 2.05) is 23.5 Å². The normalized spacial score (nSPS) is 34.9. The molecular weight excluding hydrogens is 330 g/mol. The molecule has 0 aromatic rings. The van der Waals surface area contributed by atoms with Crippen LogP contribution in [0, 0.1) is 5.41 Å². The number of hydrogen-bond acceptors (Lipinski definition) is 6. The Morgan fingerprint density at radius 1 is 1.27 bits per heavy atom. The van der Waals surface area contributed by atoms with Gasteiger partial charge in [-0.15, -0.1) is 35.3 Å². The lowest BCUT2D eigenvalue weighted by Gasteiger charge is -2.28. The molecule has 22 heavy (non-hydrogen) atoms. The summed E-state index contributed by atoms with van der Waals surface area (Å²) in [5.74, 6) is 3.46. The van der Waals surface area contributed by atoms with Crippen LogP contribution in [-0.2, 0) is 0 Å². The third kappa shape index (κ3) is 3.87. The number of thioether (sulfide) groups is 3. The summed E-state index contributed by atoms with van der Waals surface area (Å²) >= 11 is 5.91. The van der Waals surface area contributed by atoms with E-state index in [4.69, 9.17) is 9.98 Å². The highest BCUT2D eigenvalue weighted by atomic mass is 32.2. The standard InChI is InChI=1S/C16H27N3S3/c1-10-17-12(8-20-10)13-18-11(7-21-13)6-15(2,3)14-19-16(4,5)9-22-14/h11-13,18H,6-9H2,1-5H3. The minimum absolute atomic E-state index is 0.116. The summed E-state index contributed by atoms with van der Waals surface area (Å²) in [6, 6.07) is 1.04. The molecule has 0 radical (unpaired) electrons. The zero-order valence-electron chi connectivity index (χ0n) is 14.2. The van der Waals surface area contributed by atoms with E-state index in [2.05, 4.69) is 51.7 Å². The van der Waals surface area contributed by atoms with Crippen molar-refractivity contribution in [3.05, 3.63) is 0 Å². The quantitative estimate of drug-likeness (QED) is 0.828. The first-order chi connectivity index (χ1) is 10.3. The smallest absolute Gasteiger partial charge is 0.0849 e. The number of aliphatic imine (C=N–C) groups is 2. The number of rotatable bonds is 4. The maximum absolute atomic E-state index is 4.96. The van der Waals surface area contributed by atoms with Gasteiger partial charge in [0, 0.05) is 28.7 Å². The van der Waals surface area contributed by atoms with Crippen molar-refractivity contribution in [2.75, 3.05) is 17.3 Å². The van der Waals surface area contributed by atoms with Crippen LogP contribution in [0.4, 0.5) is 0 Å². The van der Waals surface area contributed by atoms with Crippen molar-refractivity contribution < 1.29 is 0 Å². The molecule has 3 rings (SSSR count). The first-order valence-corrected chi connectivity index (χ1v) is 11.1. The summed E-state index contributed by atoms with van der Waals surface area (Å²) in [5, 5.41) is 6.92. The lowest BCUT2D eigenvalue weighted by atomic mass is 9.86. The number of hydrogen-bond donors (Lipinski definition) is 1. The molecular formula is C16H27N3S3. The van der Waals surface area contributed by atoms with Gasteiger partial charge in [-0.25, -0.2) is 0 Å². The Labute approximate surface area is 147 Å². The largest absolute Gasteiger partial charge is 0.300 e. The van der Waals surface area contributed by atoms with Crippen molar-refractivity contribution in [1.29, 1.82) is 0 Å². The van der Waals surface area contributed by atoms with E-state index in [0.717, 1.165) is 11.5 Å². The van der Waals surface area contributed by atoms with Gasteiger partial charge in [0.1, 0.15) is 0 Å². The van der Waals surface area contributed by atoms with Crippen LogP contribution < -0.4 is 5.32 Å². The maximum atomic E-state index is 4.96. The molecule has 3 unspecified atom stereocenters. The van der Waals surface area contributed by atoms with Gasteiger partial charge in [0.15, 0.2) is 0 Å². The summed E-state index contributed by atoms with van der Waals surface area (Å²) in [5.41, 5.74) is 0.292. The Hall–Kier alpha value is 0.350. The number of nitrogens with one attached hydrogen (secondary N) is 1.